The van der Waals surface area contributed by atoms with Gasteiger partial charge >= 0.3 is 0 Å². The zero-order valence-corrected chi connectivity index (χ0v) is 10.9. The third kappa shape index (κ3) is 2.45. The van der Waals surface area contributed by atoms with Crippen LogP contribution in [0.5, 0.6) is 0 Å². The highest BCUT2D eigenvalue weighted by atomic mass is 79.9. The second kappa shape index (κ2) is 4.99. The number of likely N-dealkylation sites (tertiary alicyclic amines) is 1. The van der Waals surface area contributed by atoms with Gasteiger partial charge < -0.3 is 4.90 Å². The molecule has 2 unspecified atom stereocenters. The van der Waals surface area contributed by atoms with Gasteiger partial charge in [0.1, 0.15) is 0 Å². The topological polar surface area (TPSA) is 49.0 Å². The van der Waals surface area contributed by atoms with Crippen LogP contribution in [0, 0.1) is 0 Å². The first-order chi connectivity index (χ1) is 7.68. The van der Waals surface area contributed by atoms with Crippen LogP contribution < -0.4 is 0 Å². The smallest absolute Gasteiger partial charge is 0.236 e. The molecule has 1 aliphatic rings. The SMILES string of the molecule is CC(Br)C(=O)N1CCCC(c2ccn[nH]2)C1. The molecule has 1 aliphatic heterocycles. The minimum absolute atomic E-state index is 0.0898. The van der Waals surface area contributed by atoms with E-state index in [2.05, 4.69) is 26.1 Å². The van der Waals surface area contributed by atoms with E-state index in [1.54, 1.807) is 6.20 Å². The fourth-order valence-corrected chi connectivity index (χ4v) is 2.47. The largest absolute Gasteiger partial charge is 0.341 e. The molecule has 1 aromatic rings. The van der Waals surface area contributed by atoms with Crippen LogP contribution in [0.1, 0.15) is 31.4 Å². The maximum absolute atomic E-state index is 11.9. The van der Waals surface area contributed by atoms with Crippen LogP contribution in [0.3, 0.4) is 0 Å². The summed E-state index contributed by atoms with van der Waals surface area (Å²) in [6.07, 6.45) is 3.96. The first-order valence-electron chi connectivity index (χ1n) is 5.60. The molecule has 1 amide bonds. The van der Waals surface area contributed by atoms with Crippen LogP contribution >= 0.6 is 15.9 Å². The van der Waals surface area contributed by atoms with Crippen molar-refractivity contribution in [3.63, 3.8) is 0 Å². The predicted molar refractivity (Wildman–Crippen MR) is 65.5 cm³/mol. The van der Waals surface area contributed by atoms with Crippen molar-refractivity contribution >= 4 is 21.8 Å². The number of rotatable bonds is 2. The van der Waals surface area contributed by atoms with Crippen molar-refractivity contribution in [2.75, 3.05) is 13.1 Å². The van der Waals surface area contributed by atoms with Crippen molar-refractivity contribution in [2.45, 2.75) is 30.5 Å². The van der Waals surface area contributed by atoms with Crippen LogP contribution in [0.2, 0.25) is 0 Å². The summed E-state index contributed by atoms with van der Waals surface area (Å²) in [5, 5.41) is 6.96. The summed E-state index contributed by atoms with van der Waals surface area (Å²) in [6.45, 7) is 3.55. The van der Waals surface area contributed by atoms with E-state index < -0.39 is 0 Å². The van der Waals surface area contributed by atoms with Gasteiger partial charge in [0.25, 0.3) is 0 Å². The molecular formula is C11H16BrN3O. The van der Waals surface area contributed by atoms with Crippen LogP contribution in [0.25, 0.3) is 0 Å². The van der Waals surface area contributed by atoms with E-state index >= 15 is 0 Å². The molecular weight excluding hydrogens is 270 g/mol. The van der Waals surface area contributed by atoms with Gasteiger partial charge in [-0.3, -0.25) is 9.89 Å². The highest BCUT2D eigenvalue weighted by molar-refractivity contribution is 9.10. The Kier molecular flexibility index (Phi) is 3.63. The number of hydrogen-bond donors (Lipinski definition) is 1. The lowest BCUT2D eigenvalue weighted by atomic mass is 9.95. The number of hydrogen-bond acceptors (Lipinski definition) is 2. The molecule has 0 bridgehead atoms. The molecule has 0 aromatic carbocycles. The number of alkyl halides is 1. The number of aromatic nitrogens is 2. The average molecular weight is 286 g/mol. The van der Waals surface area contributed by atoms with Crippen LogP contribution in [0.4, 0.5) is 0 Å². The maximum Gasteiger partial charge on any atom is 0.236 e. The molecule has 4 nitrogen and oxygen atoms in total. The van der Waals surface area contributed by atoms with E-state index in [1.165, 1.54) is 0 Å². The molecule has 0 saturated carbocycles. The standard InChI is InChI=1S/C11H16BrN3O/c1-8(12)11(16)15-6-2-3-9(7-15)10-4-5-13-14-10/h4-5,8-9H,2-3,6-7H2,1H3,(H,13,14). The minimum Gasteiger partial charge on any atom is -0.341 e. The molecule has 1 N–H and O–H groups in total. The summed E-state index contributed by atoms with van der Waals surface area (Å²) in [6, 6.07) is 2.00. The van der Waals surface area contributed by atoms with Gasteiger partial charge in [-0.25, -0.2) is 0 Å². The number of aromatic amines is 1. The molecule has 1 saturated heterocycles. The summed E-state index contributed by atoms with van der Waals surface area (Å²) < 4.78 is 0. The van der Waals surface area contributed by atoms with Gasteiger partial charge in [0, 0.05) is 30.9 Å². The molecule has 2 atom stereocenters. The normalized spacial score (nSPS) is 23.1. The molecule has 5 heteroatoms. The van der Waals surface area contributed by atoms with Gasteiger partial charge in [-0.15, -0.1) is 0 Å². The first kappa shape index (κ1) is 11.6. The molecule has 88 valence electrons. The van der Waals surface area contributed by atoms with Crippen LogP contribution in [-0.2, 0) is 4.79 Å². The monoisotopic (exact) mass is 285 g/mol. The van der Waals surface area contributed by atoms with Gasteiger partial charge in [-0.2, -0.15) is 5.10 Å². The van der Waals surface area contributed by atoms with Gasteiger partial charge in [0.15, 0.2) is 0 Å². The Labute approximate surface area is 104 Å². The van der Waals surface area contributed by atoms with Crippen molar-refractivity contribution < 1.29 is 4.79 Å². The number of carbonyl (C=O) groups excluding carboxylic acids is 1. The van der Waals surface area contributed by atoms with Gasteiger partial charge in [0.05, 0.1) is 4.83 Å². The lowest BCUT2D eigenvalue weighted by Crippen LogP contribution is -2.42. The Bertz CT molecular complexity index is 350. The van der Waals surface area contributed by atoms with E-state index in [0.717, 1.165) is 31.6 Å². The van der Waals surface area contributed by atoms with Crippen molar-refractivity contribution in [1.82, 2.24) is 15.1 Å². The quantitative estimate of drug-likeness (QED) is 0.844. The highest BCUT2D eigenvalue weighted by Gasteiger charge is 2.26. The van der Waals surface area contributed by atoms with E-state index in [-0.39, 0.29) is 10.7 Å². The zero-order chi connectivity index (χ0) is 11.5. The van der Waals surface area contributed by atoms with Crippen LogP contribution in [0.15, 0.2) is 12.3 Å². The Hall–Kier alpha value is -0.840. The molecule has 2 heterocycles. The Morgan fingerprint density at radius 1 is 1.75 bits per heavy atom. The average Bonchev–Trinajstić information content (AvgIpc) is 2.81. The molecule has 16 heavy (non-hydrogen) atoms. The van der Waals surface area contributed by atoms with E-state index in [4.69, 9.17) is 0 Å². The lowest BCUT2D eigenvalue weighted by Gasteiger charge is -2.33. The molecule has 0 spiro atoms. The number of nitrogens with zero attached hydrogens (tertiary/aromatic N) is 2. The Balaban J connectivity index is 2.02. The van der Waals surface area contributed by atoms with E-state index in [9.17, 15) is 4.79 Å². The predicted octanol–water partition coefficient (Wildman–Crippen LogP) is 1.90. The van der Waals surface area contributed by atoms with Crippen LogP contribution in [-0.4, -0.2) is 38.9 Å². The van der Waals surface area contributed by atoms with E-state index in [1.807, 2.05) is 17.9 Å². The number of piperidine rings is 1. The van der Waals surface area contributed by atoms with Crippen molar-refractivity contribution in [2.24, 2.45) is 0 Å². The second-order valence-electron chi connectivity index (χ2n) is 4.25. The summed E-state index contributed by atoms with van der Waals surface area (Å²) in [5.41, 5.74) is 1.14. The molecule has 2 rings (SSSR count). The first-order valence-corrected chi connectivity index (χ1v) is 6.52. The minimum atomic E-state index is -0.0898. The third-order valence-electron chi connectivity index (χ3n) is 3.04. The molecule has 0 aliphatic carbocycles. The third-order valence-corrected chi connectivity index (χ3v) is 3.43. The second-order valence-corrected chi connectivity index (χ2v) is 5.62. The number of halogens is 1. The molecule has 1 aromatic heterocycles. The summed E-state index contributed by atoms with van der Waals surface area (Å²) >= 11 is 3.33. The van der Waals surface area contributed by atoms with Gasteiger partial charge in [-0.05, 0) is 25.8 Å². The van der Waals surface area contributed by atoms with Crippen molar-refractivity contribution in [3.8, 4) is 0 Å². The Morgan fingerprint density at radius 3 is 3.19 bits per heavy atom. The fraction of sp³-hybridized carbons (Fsp3) is 0.636. The van der Waals surface area contributed by atoms with E-state index in [0.29, 0.717) is 5.92 Å². The summed E-state index contributed by atoms with van der Waals surface area (Å²) in [4.78, 5) is 13.7. The summed E-state index contributed by atoms with van der Waals surface area (Å²) in [7, 11) is 0. The highest BCUT2D eigenvalue weighted by Crippen LogP contribution is 2.26. The van der Waals surface area contributed by atoms with Gasteiger partial charge in [-0.1, -0.05) is 15.9 Å². The number of nitrogens with one attached hydrogen (secondary N) is 1. The fourth-order valence-electron chi connectivity index (χ4n) is 2.18. The lowest BCUT2D eigenvalue weighted by molar-refractivity contribution is -0.131. The number of carbonyl (C=O) groups is 1. The molecule has 0 radical (unpaired) electrons. The Morgan fingerprint density at radius 2 is 2.56 bits per heavy atom. The van der Waals surface area contributed by atoms with Gasteiger partial charge in [0.2, 0.25) is 5.91 Å². The summed E-state index contributed by atoms with van der Waals surface area (Å²) in [5.74, 6) is 0.593. The number of amides is 1. The van der Waals surface area contributed by atoms with Crippen molar-refractivity contribution in [3.05, 3.63) is 18.0 Å². The van der Waals surface area contributed by atoms with Crippen molar-refractivity contribution in [1.29, 1.82) is 0 Å². The maximum atomic E-state index is 11.9. The zero-order valence-electron chi connectivity index (χ0n) is 9.32. The molecule has 1 fully saturated rings. The number of H-pyrrole nitrogens is 1.